The minimum Gasteiger partial charge on any atom is -0.491 e. The number of carbonyl (C=O) groups excluding carboxylic acids is 1. The van der Waals surface area contributed by atoms with Crippen molar-refractivity contribution in [2.75, 3.05) is 13.7 Å². The lowest BCUT2D eigenvalue weighted by atomic mass is 9.96. The molecule has 1 saturated heterocycles. The summed E-state index contributed by atoms with van der Waals surface area (Å²) in [7, 11) is 1.43. The second kappa shape index (κ2) is 6.64. The van der Waals surface area contributed by atoms with Crippen LogP contribution in [0.3, 0.4) is 0 Å². The summed E-state index contributed by atoms with van der Waals surface area (Å²) in [6, 6.07) is 5.16. The van der Waals surface area contributed by atoms with Crippen LogP contribution in [0.5, 0.6) is 5.75 Å². The van der Waals surface area contributed by atoms with Crippen LogP contribution in [0.15, 0.2) is 41.6 Å². The molecule has 0 radical (unpaired) electrons. The SMILES string of the molecule is COc1c[nH]c(C(=O)N2CCCC[C@H]2c2cccnc2)cc1=O. The Morgan fingerprint density at radius 3 is 3.00 bits per heavy atom. The van der Waals surface area contributed by atoms with E-state index in [4.69, 9.17) is 4.74 Å². The number of H-pyrrole nitrogens is 1. The molecule has 0 aromatic carbocycles. The molecule has 1 atom stereocenters. The van der Waals surface area contributed by atoms with Crippen LogP contribution in [0.4, 0.5) is 0 Å². The number of nitrogens with one attached hydrogen (secondary N) is 1. The minimum absolute atomic E-state index is 0.00412. The first kappa shape index (κ1) is 15.3. The van der Waals surface area contributed by atoms with Gasteiger partial charge >= 0.3 is 0 Å². The molecule has 0 bridgehead atoms. The van der Waals surface area contributed by atoms with Gasteiger partial charge in [0.1, 0.15) is 5.69 Å². The van der Waals surface area contributed by atoms with Gasteiger partial charge in [-0.15, -0.1) is 0 Å². The fourth-order valence-electron chi connectivity index (χ4n) is 2.99. The lowest BCUT2D eigenvalue weighted by molar-refractivity contribution is 0.0605. The number of ether oxygens (including phenoxy) is 1. The minimum atomic E-state index is -0.301. The third kappa shape index (κ3) is 3.11. The zero-order valence-electron chi connectivity index (χ0n) is 13.0. The zero-order chi connectivity index (χ0) is 16.2. The first-order valence-corrected chi connectivity index (χ1v) is 7.68. The van der Waals surface area contributed by atoms with Gasteiger partial charge in [-0.1, -0.05) is 6.07 Å². The topological polar surface area (TPSA) is 75.3 Å². The van der Waals surface area contributed by atoms with Crippen molar-refractivity contribution in [3.63, 3.8) is 0 Å². The third-order valence-corrected chi connectivity index (χ3v) is 4.16. The smallest absolute Gasteiger partial charge is 0.270 e. The molecule has 1 aliphatic rings. The fourth-order valence-corrected chi connectivity index (χ4v) is 2.99. The Balaban J connectivity index is 1.90. The van der Waals surface area contributed by atoms with Crippen LogP contribution in [0.2, 0.25) is 0 Å². The molecule has 2 aromatic rings. The number of aromatic nitrogens is 2. The second-order valence-electron chi connectivity index (χ2n) is 5.58. The predicted octanol–water partition coefficient (Wildman–Crippen LogP) is 2.15. The average Bonchev–Trinajstić information content (AvgIpc) is 2.62. The standard InChI is InChI=1S/C17H19N3O3/c1-23-16-11-19-13(9-15(16)21)17(22)20-8-3-2-6-14(20)12-5-4-7-18-10-12/h4-5,7,9-11,14H,2-3,6,8H2,1H3,(H,19,21)/t14-/m0/s1. The van der Waals surface area contributed by atoms with E-state index in [-0.39, 0.29) is 28.8 Å². The molecule has 1 aliphatic heterocycles. The van der Waals surface area contributed by atoms with Crippen LogP contribution in [0.25, 0.3) is 0 Å². The summed E-state index contributed by atoms with van der Waals surface area (Å²) in [5, 5.41) is 0. The molecular formula is C17H19N3O3. The van der Waals surface area contributed by atoms with E-state index in [0.717, 1.165) is 24.8 Å². The van der Waals surface area contributed by atoms with Gasteiger partial charge in [0, 0.05) is 31.2 Å². The number of methoxy groups -OCH3 is 1. The number of likely N-dealkylation sites (tertiary alicyclic amines) is 1. The lowest BCUT2D eigenvalue weighted by Gasteiger charge is -2.35. The number of hydrogen-bond acceptors (Lipinski definition) is 4. The first-order valence-electron chi connectivity index (χ1n) is 7.68. The first-order chi connectivity index (χ1) is 11.2. The molecule has 1 fully saturated rings. The van der Waals surface area contributed by atoms with Crippen molar-refractivity contribution in [1.82, 2.24) is 14.9 Å². The van der Waals surface area contributed by atoms with E-state index < -0.39 is 0 Å². The summed E-state index contributed by atoms with van der Waals surface area (Å²) in [5.41, 5.74) is 1.01. The van der Waals surface area contributed by atoms with Gasteiger partial charge in [0.2, 0.25) is 5.43 Å². The Hall–Kier alpha value is -2.63. The quantitative estimate of drug-likeness (QED) is 0.942. The van der Waals surface area contributed by atoms with Crippen molar-refractivity contribution in [3.05, 3.63) is 58.3 Å². The van der Waals surface area contributed by atoms with Crippen LogP contribution >= 0.6 is 0 Å². The van der Waals surface area contributed by atoms with E-state index in [1.807, 2.05) is 17.0 Å². The Morgan fingerprint density at radius 1 is 1.43 bits per heavy atom. The number of nitrogens with zero attached hydrogens (tertiary/aromatic N) is 2. The van der Waals surface area contributed by atoms with Crippen molar-refractivity contribution in [1.29, 1.82) is 0 Å². The summed E-state index contributed by atoms with van der Waals surface area (Å²) < 4.78 is 4.94. The second-order valence-corrected chi connectivity index (χ2v) is 5.58. The normalized spacial score (nSPS) is 17.8. The number of aromatic amines is 1. The number of piperidine rings is 1. The van der Waals surface area contributed by atoms with Gasteiger partial charge in [0.15, 0.2) is 5.75 Å². The highest BCUT2D eigenvalue weighted by atomic mass is 16.5. The van der Waals surface area contributed by atoms with Gasteiger partial charge in [-0.2, -0.15) is 0 Å². The van der Waals surface area contributed by atoms with Crippen molar-refractivity contribution < 1.29 is 9.53 Å². The maximum Gasteiger partial charge on any atom is 0.270 e. The molecule has 0 saturated carbocycles. The molecule has 1 N–H and O–H groups in total. The van der Waals surface area contributed by atoms with E-state index in [1.54, 1.807) is 12.4 Å². The van der Waals surface area contributed by atoms with Crippen LogP contribution in [0.1, 0.15) is 41.4 Å². The summed E-state index contributed by atoms with van der Waals surface area (Å²) in [6.45, 7) is 0.673. The Kier molecular flexibility index (Phi) is 4.41. The van der Waals surface area contributed by atoms with Gasteiger partial charge in [0.25, 0.3) is 5.91 Å². The molecule has 6 heteroatoms. The number of hydrogen-bond donors (Lipinski definition) is 1. The molecule has 23 heavy (non-hydrogen) atoms. The highest BCUT2D eigenvalue weighted by Crippen LogP contribution is 2.31. The van der Waals surface area contributed by atoms with Crippen LogP contribution < -0.4 is 10.2 Å². The van der Waals surface area contributed by atoms with Gasteiger partial charge in [0.05, 0.1) is 13.2 Å². The molecule has 1 amide bonds. The van der Waals surface area contributed by atoms with Crippen LogP contribution in [0, 0.1) is 0 Å². The lowest BCUT2D eigenvalue weighted by Crippen LogP contribution is -2.39. The summed E-state index contributed by atoms with van der Waals surface area (Å²) in [5.74, 6) is 0.0299. The number of pyridine rings is 2. The number of rotatable bonds is 3. The molecule has 2 aromatic heterocycles. The van der Waals surface area contributed by atoms with Crippen LogP contribution in [-0.4, -0.2) is 34.4 Å². The molecule has 6 nitrogen and oxygen atoms in total. The molecular weight excluding hydrogens is 294 g/mol. The van der Waals surface area contributed by atoms with E-state index in [1.165, 1.54) is 19.4 Å². The number of amides is 1. The molecule has 0 aliphatic carbocycles. The largest absolute Gasteiger partial charge is 0.491 e. The van der Waals surface area contributed by atoms with Crippen molar-refractivity contribution in [2.45, 2.75) is 25.3 Å². The molecule has 0 spiro atoms. The summed E-state index contributed by atoms with van der Waals surface area (Å²) in [6.07, 6.45) is 7.88. The van der Waals surface area contributed by atoms with E-state index in [9.17, 15) is 9.59 Å². The van der Waals surface area contributed by atoms with Gasteiger partial charge < -0.3 is 14.6 Å². The van der Waals surface area contributed by atoms with Gasteiger partial charge in [-0.05, 0) is 30.9 Å². The van der Waals surface area contributed by atoms with Gasteiger partial charge in [-0.3, -0.25) is 14.6 Å². The monoisotopic (exact) mass is 313 g/mol. The van der Waals surface area contributed by atoms with Crippen molar-refractivity contribution >= 4 is 5.91 Å². The highest BCUT2D eigenvalue weighted by Gasteiger charge is 2.29. The maximum absolute atomic E-state index is 12.8. The van der Waals surface area contributed by atoms with E-state index in [2.05, 4.69) is 9.97 Å². The van der Waals surface area contributed by atoms with E-state index in [0.29, 0.717) is 6.54 Å². The fraction of sp³-hybridized carbons (Fsp3) is 0.353. The van der Waals surface area contributed by atoms with Crippen molar-refractivity contribution in [3.8, 4) is 5.75 Å². The van der Waals surface area contributed by atoms with Crippen LogP contribution in [-0.2, 0) is 0 Å². The van der Waals surface area contributed by atoms with E-state index >= 15 is 0 Å². The maximum atomic E-state index is 12.8. The zero-order valence-corrected chi connectivity index (χ0v) is 13.0. The Morgan fingerprint density at radius 2 is 2.30 bits per heavy atom. The average molecular weight is 313 g/mol. The molecule has 0 unspecified atom stereocenters. The molecule has 3 heterocycles. The van der Waals surface area contributed by atoms with Crippen molar-refractivity contribution in [2.24, 2.45) is 0 Å². The highest BCUT2D eigenvalue weighted by molar-refractivity contribution is 5.92. The van der Waals surface area contributed by atoms with Gasteiger partial charge in [-0.25, -0.2) is 0 Å². The summed E-state index contributed by atoms with van der Waals surface area (Å²) in [4.78, 5) is 33.5. The molecule has 120 valence electrons. The molecule has 3 rings (SSSR count). The Labute approximate surface area is 134 Å². The predicted molar refractivity (Wildman–Crippen MR) is 85.5 cm³/mol. The Bertz CT molecular complexity index is 742. The third-order valence-electron chi connectivity index (χ3n) is 4.16. The number of carbonyl (C=O) groups is 1. The summed E-state index contributed by atoms with van der Waals surface area (Å²) >= 11 is 0.